The minimum absolute atomic E-state index is 0.312. The van der Waals surface area contributed by atoms with Crippen LogP contribution in [0.5, 0.6) is 0 Å². The predicted molar refractivity (Wildman–Crippen MR) is 125 cm³/mol. The Labute approximate surface area is 184 Å². The van der Waals surface area contributed by atoms with Gasteiger partial charge in [-0.2, -0.15) is 4.89 Å². The maximum atomic E-state index is 12.7. The summed E-state index contributed by atoms with van der Waals surface area (Å²) in [7, 11) is -2.43. The van der Waals surface area contributed by atoms with Crippen LogP contribution in [0.3, 0.4) is 0 Å². The van der Waals surface area contributed by atoms with Crippen molar-refractivity contribution < 1.29 is 14.3 Å². The predicted octanol–water partition coefficient (Wildman–Crippen LogP) is 4.60. The van der Waals surface area contributed by atoms with Crippen LogP contribution in [-0.4, -0.2) is 15.8 Å². The Morgan fingerprint density at radius 2 is 1.94 bits per heavy atom. The van der Waals surface area contributed by atoms with E-state index in [1.54, 1.807) is 47.7 Å². The second-order valence-corrected chi connectivity index (χ2v) is 8.83. The third-order valence-corrected chi connectivity index (χ3v) is 6.53. The molecular weight excluding hydrogens is 429 g/mol. The molecule has 154 valence electrons. The Balaban J connectivity index is 1.49. The van der Waals surface area contributed by atoms with Crippen LogP contribution in [0, 0.1) is 0 Å². The SMILES string of the molecule is Nc1ccc(-c2cccs2)cc1NC(=O)c1ccc(Cc2ccccc2[P+](=O)O)nc1. The van der Waals surface area contributed by atoms with Gasteiger partial charge < -0.3 is 11.1 Å². The number of carbonyl (C=O) groups excluding carboxylic acids is 1. The van der Waals surface area contributed by atoms with Crippen LogP contribution >= 0.6 is 19.4 Å². The number of hydrogen-bond acceptors (Lipinski definition) is 5. The molecule has 6 nitrogen and oxygen atoms in total. The average Bonchev–Trinajstić information content (AvgIpc) is 3.31. The molecule has 0 radical (unpaired) electrons. The Morgan fingerprint density at radius 1 is 1.10 bits per heavy atom. The van der Waals surface area contributed by atoms with Gasteiger partial charge in [-0.05, 0) is 51.9 Å². The lowest BCUT2D eigenvalue weighted by Crippen LogP contribution is -2.14. The number of thiophene rings is 1. The van der Waals surface area contributed by atoms with E-state index in [1.807, 2.05) is 35.7 Å². The van der Waals surface area contributed by atoms with E-state index in [9.17, 15) is 14.3 Å². The van der Waals surface area contributed by atoms with Crippen LogP contribution in [0.15, 0.2) is 78.3 Å². The molecule has 4 aromatic rings. The highest BCUT2D eigenvalue weighted by Gasteiger charge is 2.21. The van der Waals surface area contributed by atoms with Gasteiger partial charge in [0.2, 0.25) is 5.30 Å². The van der Waals surface area contributed by atoms with E-state index in [0.29, 0.717) is 34.4 Å². The maximum Gasteiger partial charge on any atom is 0.546 e. The van der Waals surface area contributed by atoms with Crippen LogP contribution in [0.4, 0.5) is 11.4 Å². The largest absolute Gasteiger partial charge is 0.546 e. The van der Waals surface area contributed by atoms with Crippen molar-refractivity contribution in [1.82, 2.24) is 4.98 Å². The number of amides is 1. The molecule has 8 heteroatoms. The first-order valence-electron chi connectivity index (χ1n) is 9.45. The summed E-state index contributed by atoms with van der Waals surface area (Å²) >= 11 is 1.61. The highest BCUT2D eigenvalue weighted by molar-refractivity contribution is 7.47. The summed E-state index contributed by atoms with van der Waals surface area (Å²) < 4.78 is 11.5. The molecule has 4 N–H and O–H groups in total. The van der Waals surface area contributed by atoms with Crippen LogP contribution in [0.2, 0.25) is 0 Å². The molecule has 1 amide bonds. The van der Waals surface area contributed by atoms with Gasteiger partial charge in [-0.25, -0.2) is 0 Å². The summed E-state index contributed by atoms with van der Waals surface area (Å²) in [4.78, 5) is 27.6. The molecule has 0 spiro atoms. The van der Waals surface area contributed by atoms with Crippen molar-refractivity contribution in [2.24, 2.45) is 0 Å². The second kappa shape index (κ2) is 9.18. The zero-order valence-electron chi connectivity index (χ0n) is 16.4. The van der Waals surface area contributed by atoms with Crippen molar-refractivity contribution in [2.75, 3.05) is 11.1 Å². The van der Waals surface area contributed by atoms with Crippen LogP contribution < -0.4 is 16.4 Å². The van der Waals surface area contributed by atoms with Gasteiger partial charge in [0.05, 0.1) is 16.9 Å². The molecule has 1 unspecified atom stereocenters. The second-order valence-electron chi connectivity index (χ2n) is 6.85. The monoisotopic (exact) mass is 448 g/mol. The number of hydrogen-bond donors (Lipinski definition) is 3. The van der Waals surface area contributed by atoms with E-state index in [2.05, 4.69) is 10.3 Å². The highest BCUT2D eigenvalue weighted by atomic mass is 32.1. The number of carbonyl (C=O) groups is 1. The molecule has 2 aromatic heterocycles. The molecule has 31 heavy (non-hydrogen) atoms. The summed E-state index contributed by atoms with van der Waals surface area (Å²) in [6.07, 6.45) is 1.89. The molecule has 0 aliphatic rings. The van der Waals surface area contributed by atoms with Gasteiger partial charge in [-0.3, -0.25) is 9.78 Å². The number of anilines is 2. The zero-order valence-corrected chi connectivity index (χ0v) is 18.1. The molecular formula is C23H19N3O3PS+. The molecule has 2 aromatic carbocycles. The number of nitrogen functional groups attached to an aromatic ring is 1. The summed E-state index contributed by atoms with van der Waals surface area (Å²) in [5, 5.41) is 5.24. The fourth-order valence-corrected chi connectivity index (χ4v) is 4.50. The van der Waals surface area contributed by atoms with Crippen LogP contribution in [-0.2, 0) is 11.0 Å². The summed E-state index contributed by atoms with van der Waals surface area (Å²) in [6, 6.07) is 19.9. The topological polar surface area (TPSA) is 105 Å². The molecule has 0 aliphatic carbocycles. The normalized spacial score (nSPS) is 11.2. The van der Waals surface area contributed by atoms with Gasteiger partial charge in [0.25, 0.3) is 5.91 Å². The number of benzene rings is 2. The number of nitrogens with two attached hydrogens (primary N) is 1. The number of nitrogens with one attached hydrogen (secondary N) is 1. The number of rotatable bonds is 6. The van der Waals surface area contributed by atoms with Gasteiger partial charge in [-0.15, -0.1) is 11.3 Å². The van der Waals surface area contributed by atoms with Crippen molar-refractivity contribution >= 4 is 42.0 Å². The van der Waals surface area contributed by atoms with E-state index in [4.69, 9.17) is 5.73 Å². The first kappa shape index (κ1) is 20.9. The summed E-state index contributed by atoms with van der Waals surface area (Å²) in [5.41, 5.74) is 9.87. The molecule has 0 bridgehead atoms. The number of pyridine rings is 1. The van der Waals surface area contributed by atoms with Crippen LogP contribution in [0.1, 0.15) is 21.6 Å². The quantitative estimate of drug-likeness (QED) is 0.295. The van der Waals surface area contributed by atoms with Crippen molar-refractivity contribution in [2.45, 2.75) is 6.42 Å². The van der Waals surface area contributed by atoms with E-state index in [0.717, 1.165) is 16.0 Å². The van der Waals surface area contributed by atoms with Gasteiger partial charge in [0.15, 0.2) is 0 Å². The highest BCUT2D eigenvalue weighted by Crippen LogP contribution is 2.30. The van der Waals surface area contributed by atoms with Crippen molar-refractivity contribution in [1.29, 1.82) is 0 Å². The fraction of sp³-hybridized carbons (Fsp3) is 0.0435. The Bertz CT molecular complexity index is 1240. The lowest BCUT2D eigenvalue weighted by molar-refractivity contribution is 0.102. The van der Waals surface area contributed by atoms with Crippen LogP contribution in [0.25, 0.3) is 10.4 Å². The Hall–Kier alpha value is -3.38. The van der Waals surface area contributed by atoms with Crippen molar-refractivity contribution in [3.05, 3.63) is 95.1 Å². The first-order valence-corrected chi connectivity index (χ1v) is 11.5. The van der Waals surface area contributed by atoms with E-state index in [-0.39, 0.29) is 5.91 Å². The lowest BCUT2D eigenvalue weighted by atomic mass is 10.1. The maximum absolute atomic E-state index is 12.7. The lowest BCUT2D eigenvalue weighted by Gasteiger charge is -2.10. The van der Waals surface area contributed by atoms with Crippen molar-refractivity contribution in [3.8, 4) is 10.4 Å². The van der Waals surface area contributed by atoms with E-state index in [1.165, 1.54) is 6.20 Å². The molecule has 1 atom stereocenters. The van der Waals surface area contributed by atoms with Gasteiger partial charge in [0.1, 0.15) is 0 Å². The minimum Gasteiger partial charge on any atom is -0.397 e. The van der Waals surface area contributed by atoms with Gasteiger partial charge in [-0.1, -0.05) is 30.3 Å². The Morgan fingerprint density at radius 3 is 2.65 bits per heavy atom. The minimum atomic E-state index is -2.43. The molecule has 4 rings (SSSR count). The van der Waals surface area contributed by atoms with Crippen molar-refractivity contribution in [3.63, 3.8) is 0 Å². The smallest absolute Gasteiger partial charge is 0.397 e. The van der Waals surface area contributed by atoms with E-state index >= 15 is 0 Å². The van der Waals surface area contributed by atoms with Gasteiger partial charge >= 0.3 is 8.03 Å². The molecule has 2 heterocycles. The van der Waals surface area contributed by atoms with Gasteiger partial charge in [0, 0.05) is 28.8 Å². The number of aromatic nitrogens is 1. The fourth-order valence-electron chi connectivity index (χ4n) is 3.16. The van der Waals surface area contributed by atoms with E-state index < -0.39 is 8.03 Å². The summed E-state index contributed by atoms with van der Waals surface area (Å²) in [6.45, 7) is 0. The molecule has 0 saturated heterocycles. The first-order chi connectivity index (χ1) is 15.0. The average molecular weight is 448 g/mol. The Kier molecular flexibility index (Phi) is 6.18. The third-order valence-electron chi connectivity index (χ3n) is 4.76. The molecule has 0 saturated carbocycles. The number of nitrogens with zero attached hydrogens (tertiary/aromatic N) is 1. The third kappa shape index (κ3) is 4.86. The summed E-state index contributed by atoms with van der Waals surface area (Å²) in [5.74, 6) is -0.312. The molecule has 0 aliphatic heterocycles. The molecule has 0 fully saturated rings. The standard InChI is InChI=1S/C23H18N3O3PS/c24-19-10-8-16(22-6-3-11-31-22)13-20(19)26-23(27)17-7-9-18(25-14-17)12-15-4-1-2-5-21(15)30(28)29/h1-11,13-14H,12,24H2,(H-,26,27,28,29)/p+1. The zero-order chi connectivity index (χ0) is 21.8.